The van der Waals surface area contributed by atoms with E-state index in [1.165, 1.54) is 10.6 Å². The Hall–Kier alpha value is -1.13. The summed E-state index contributed by atoms with van der Waals surface area (Å²) in [5.74, 6) is 0. The molecule has 0 atom stereocenters. The highest BCUT2D eigenvalue weighted by Gasteiger charge is 2.06. The third-order valence-corrected chi connectivity index (χ3v) is 4.65. The van der Waals surface area contributed by atoms with Crippen molar-refractivity contribution in [1.82, 2.24) is 0 Å². The maximum atomic E-state index is 4.07. The third-order valence-electron chi connectivity index (χ3n) is 2.36. The zero-order valence-corrected chi connectivity index (χ0v) is 9.53. The summed E-state index contributed by atoms with van der Waals surface area (Å²) in [5, 5.41) is 2.82. The second-order valence-corrected chi connectivity index (χ2v) is 5.66. The normalized spacial score (nSPS) is 10.5. The molecule has 0 bridgehead atoms. The van der Waals surface area contributed by atoms with Crippen LogP contribution in [0.1, 0.15) is 0 Å². The molecule has 2 rings (SSSR count). The molecule has 0 aliphatic carbocycles. The van der Waals surface area contributed by atoms with Crippen molar-refractivity contribution in [2.45, 2.75) is 0 Å². The van der Waals surface area contributed by atoms with Gasteiger partial charge in [0.15, 0.2) is 0 Å². The van der Waals surface area contributed by atoms with Gasteiger partial charge in [-0.25, -0.2) is 0 Å². The Kier molecular flexibility index (Phi) is 3.53. The molecule has 0 radical (unpaired) electrons. The lowest BCUT2D eigenvalue weighted by Gasteiger charge is -2.19. The van der Waals surface area contributed by atoms with Gasteiger partial charge in [0.05, 0.1) is 0 Å². The molecule has 0 amide bonds. The van der Waals surface area contributed by atoms with Gasteiger partial charge in [-0.3, -0.25) is 0 Å². The molecule has 2 aromatic carbocycles. The van der Waals surface area contributed by atoms with Crippen LogP contribution in [0.2, 0.25) is 0 Å². The third kappa shape index (κ3) is 2.46. The zero-order chi connectivity index (χ0) is 10.5. The van der Waals surface area contributed by atoms with Gasteiger partial charge in [-0.1, -0.05) is 68.6 Å². The molecule has 0 unspecified atom stereocenters. The first-order valence-corrected chi connectivity index (χ1v) is 6.61. The van der Waals surface area contributed by atoms with E-state index in [1.807, 2.05) is 0 Å². The molecule has 0 aliphatic rings. The SMILES string of the molecule is [CH2-]CP(c1ccccc1)c1ccccc1. The summed E-state index contributed by atoms with van der Waals surface area (Å²) >= 11 is 0. The lowest BCUT2D eigenvalue weighted by atomic mass is 10.4. The average molecular weight is 213 g/mol. The molecule has 0 heterocycles. The summed E-state index contributed by atoms with van der Waals surface area (Å²) < 4.78 is 0. The predicted octanol–water partition coefficient (Wildman–Crippen LogP) is 2.95. The van der Waals surface area contributed by atoms with Crippen LogP contribution in [0.4, 0.5) is 0 Å². The van der Waals surface area contributed by atoms with Crippen LogP contribution in [0.15, 0.2) is 60.7 Å². The molecule has 1 heteroatoms. The van der Waals surface area contributed by atoms with E-state index in [0.717, 1.165) is 6.16 Å². The number of benzene rings is 2. The molecule has 0 saturated carbocycles. The standard InChI is InChI=1S/C14H14P/c1-2-15(13-9-5-3-6-10-13)14-11-7-4-8-12-14/h3-12H,1-2H2/q-1. The lowest BCUT2D eigenvalue weighted by Crippen LogP contribution is -2.12. The van der Waals surface area contributed by atoms with E-state index < -0.39 is 0 Å². The summed E-state index contributed by atoms with van der Waals surface area (Å²) in [6.07, 6.45) is 0.962. The van der Waals surface area contributed by atoms with E-state index in [0.29, 0.717) is 0 Å². The van der Waals surface area contributed by atoms with Crippen molar-refractivity contribution in [2.24, 2.45) is 0 Å². The van der Waals surface area contributed by atoms with Crippen molar-refractivity contribution < 1.29 is 0 Å². The van der Waals surface area contributed by atoms with Gasteiger partial charge in [-0.15, -0.1) is 0 Å². The highest BCUT2D eigenvalue weighted by molar-refractivity contribution is 7.73. The van der Waals surface area contributed by atoms with Crippen molar-refractivity contribution in [2.75, 3.05) is 6.16 Å². The van der Waals surface area contributed by atoms with Gasteiger partial charge >= 0.3 is 0 Å². The lowest BCUT2D eigenvalue weighted by molar-refractivity contribution is 1.71. The molecule has 2 aromatic rings. The smallest absolute Gasteiger partial charge is 0.0220 e. The molecular formula is C14H14P-. The van der Waals surface area contributed by atoms with Gasteiger partial charge in [0.2, 0.25) is 0 Å². The topological polar surface area (TPSA) is 0 Å². The van der Waals surface area contributed by atoms with E-state index in [2.05, 4.69) is 67.6 Å². The summed E-state index contributed by atoms with van der Waals surface area (Å²) in [4.78, 5) is 0. The van der Waals surface area contributed by atoms with Crippen LogP contribution < -0.4 is 10.6 Å². The molecular weight excluding hydrogens is 199 g/mol. The van der Waals surface area contributed by atoms with Crippen molar-refractivity contribution in [1.29, 1.82) is 0 Å². The van der Waals surface area contributed by atoms with Crippen LogP contribution in [0.5, 0.6) is 0 Å². The minimum atomic E-state index is -0.260. The Balaban J connectivity index is 2.34. The van der Waals surface area contributed by atoms with Crippen LogP contribution in [0, 0.1) is 6.92 Å². The minimum absolute atomic E-state index is 0.260. The van der Waals surface area contributed by atoms with Crippen LogP contribution in [-0.2, 0) is 0 Å². The second-order valence-electron chi connectivity index (χ2n) is 3.32. The van der Waals surface area contributed by atoms with Gasteiger partial charge in [0.25, 0.3) is 0 Å². The van der Waals surface area contributed by atoms with Crippen LogP contribution >= 0.6 is 7.92 Å². The summed E-state index contributed by atoms with van der Waals surface area (Å²) in [5.41, 5.74) is 0. The van der Waals surface area contributed by atoms with Crippen molar-refractivity contribution in [3.63, 3.8) is 0 Å². The van der Waals surface area contributed by atoms with Crippen molar-refractivity contribution in [3.05, 3.63) is 67.6 Å². The van der Waals surface area contributed by atoms with E-state index >= 15 is 0 Å². The first kappa shape index (κ1) is 10.4. The van der Waals surface area contributed by atoms with E-state index in [9.17, 15) is 0 Å². The predicted molar refractivity (Wildman–Crippen MR) is 69.3 cm³/mol. The number of rotatable bonds is 3. The molecule has 76 valence electrons. The quantitative estimate of drug-likeness (QED) is 0.543. The Morgan fingerprint density at radius 3 is 1.47 bits per heavy atom. The highest BCUT2D eigenvalue weighted by atomic mass is 31.1. The molecule has 0 fully saturated rings. The van der Waals surface area contributed by atoms with Crippen LogP contribution in [0.3, 0.4) is 0 Å². The maximum absolute atomic E-state index is 4.07. The van der Waals surface area contributed by atoms with E-state index in [1.54, 1.807) is 0 Å². The maximum Gasteiger partial charge on any atom is -0.0220 e. The molecule has 0 saturated heterocycles. The molecule has 0 N–H and O–H groups in total. The van der Waals surface area contributed by atoms with Gasteiger partial charge in [0.1, 0.15) is 0 Å². The zero-order valence-electron chi connectivity index (χ0n) is 8.63. The van der Waals surface area contributed by atoms with Gasteiger partial charge in [-0.05, 0) is 10.6 Å². The monoisotopic (exact) mass is 213 g/mol. The van der Waals surface area contributed by atoms with E-state index in [-0.39, 0.29) is 7.92 Å². The van der Waals surface area contributed by atoms with E-state index in [4.69, 9.17) is 0 Å². The van der Waals surface area contributed by atoms with Crippen molar-refractivity contribution >= 4 is 18.5 Å². The number of hydrogen-bond donors (Lipinski definition) is 0. The molecule has 0 spiro atoms. The fourth-order valence-electron chi connectivity index (χ4n) is 1.62. The summed E-state index contributed by atoms with van der Waals surface area (Å²) in [6.45, 7) is 4.07. The fourth-order valence-corrected chi connectivity index (χ4v) is 3.50. The minimum Gasteiger partial charge on any atom is -0.339 e. The Morgan fingerprint density at radius 1 is 0.733 bits per heavy atom. The van der Waals surface area contributed by atoms with Gasteiger partial charge < -0.3 is 6.92 Å². The van der Waals surface area contributed by atoms with Crippen molar-refractivity contribution in [3.8, 4) is 0 Å². The van der Waals surface area contributed by atoms with Gasteiger partial charge in [0, 0.05) is 0 Å². The molecule has 0 aliphatic heterocycles. The van der Waals surface area contributed by atoms with Crippen LogP contribution in [-0.4, -0.2) is 6.16 Å². The summed E-state index contributed by atoms with van der Waals surface area (Å²) in [6, 6.07) is 21.3. The average Bonchev–Trinajstić information content (AvgIpc) is 2.33. The molecule has 0 nitrogen and oxygen atoms in total. The molecule has 15 heavy (non-hydrogen) atoms. The Labute approximate surface area is 92.7 Å². The largest absolute Gasteiger partial charge is 0.339 e. The highest BCUT2D eigenvalue weighted by Crippen LogP contribution is 2.31. The first-order chi connectivity index (χ1) is 7.42. The first-order valence-electron chi connectivity index (χ1n) is 5.08. The Bertz CT molecular complexity index is 355. The number of hydrogen-bond acceptors (Lipinski definition) is 0. The fraction of sp³-hybridized carbons (Fsp3) is 0.0714. The summed E-state index contributed by atoms with van der Waals surface area (Å²) in [7, 11) is -0.260. The van der Waals surface area contributed by atoms with Crippen LogP contribution in [0.25, 0.3) is 0 Å². The second kappa shape index (κ2) is 5.09. The Morgan fingerprint density at radius 2 is 1.13 bits per heavy atom. The molecule has 0 aromatic heterocycles. The van der Waals surface area contributed by atoms with Gasteiger partial charge in [-0.2, -0.15) is 6.16 Å².